The summed E-state index contributed by atoms with van der Waals surface area (Å²) in [5.41, 5.74) is 5.40. The number of ether oxygens (including phenoxy) is 1. The van der Waals surface area contributed by atoms with Crippen molar-refractivity contribution < 1.29 is 9.53 Å². The van der Waals surface area contributed by atoms with Crippen LogP contribution in [-0.2, 0) is 9.53 Å². The molecule has 0 radical (unpaired) electrons. The number of hydrogen-bond acceptors (Lipinski definition) is 3. The second-order valence-electron chi connectivity index (χ2n) is 5.44. The first-order valence-electron chi connectivity index (χ1n) is 6.62. The number of nitrogens with one attached hydrogen (secondary N) is 1. The van der Waals surface area contributed by atoms with Gasteiger partial charge in [-0.3, -0.25) is 4.79 Å². The summed E-state index contributed by atoms with van der Waals surface area (Å²) in [7, 11) is 0. The van der Waals surface area contributed by atoms with E-state index < -0.39 is 0 Å². The maximum absolute atomic E-state index is 12.0. The second-order valence-corrected chi connectivity index (χ2v) is 5.44. The Morgan fingerprint density at radius 3 is 2.76 bits per heavy atom. The zero-order valence-electron chi connectivity index (χ0n) is 11.3. The van der Waals surface area contributed by atoms with Gasteiger partial charge in [-0.05, 0) is 46.1 Å². The summed E-state index contributed by atoms with van der Waals surface area (Å²) in [6, 6.07) is 0. The van der Waals surface area contributed by atoms with Crippen LogP contribution < -0.4 is 11.1 Å². The van der Waals surface area contributed by atoms with Crippen molar-refractivity contribution in [2.24, 2.45) is 17.6 Å². The standard InChI is InChI=1S/C13H26N2O2/c1-4-17-13(2,3)9-15-12(16)11-7-5-6-10(11)8-14/h10-11H,4-9,14H2,1-3H3,(H,15,16). The number of amides is 1. The fourth-order valence-corrected chi connectivity index (χ4v) is 2.54. The fraction of sp³-hybridized carbons (Fsp3) is 0.923. The van der Waals surface area contributed by atoms with E-state index in [4.69, 9.17) is 10.5 Å². The molecule has 100 valence electrons. The molecule has 1 amide bonds. The van der Waals surface area contributed by atoms with Crippen LogP contribution in [0.1, 0.15) is 40.0 Å². The normalized spacial score (nSPS) is 24.9. The zero-order valence-corrected chi connectivity index (χ0v) is 11.3. The number of carbonyl (C=O) groups is 1. The van der Waals surface area contributed by atoms with Gasteiger partial charge < -0.3 is 15.8 Å². The van der Waals surface area contributed by atoms with E-state index in [0.717, 1.165) is 19.3 Å². The molecule has 0 saturated heterocycles. The van der Waals surface area contributed by atoms with Crippen LogP contribution in [0.3, 0.4) is 0 Å². The molecule has 0 aliphatic heterocycles. The molecule has 1 saturated carbocycles. The Morgan fingerprint density at radius 2 is 2.18 bits per heavy atom. The lowest BCUT2D eigenvalue weighted by molar-refractivity contribution is -0.127. The topological polar surface area (TPSA) is 64.3 Å². The largest absolute Gasteiger partial charge is 0.374 e. The Bertz CT molecular complexity index is 254. The van der Waals surface area contributed by atoms with Crippen molar-refractivity contribution in [1.29, 1.82) is 0 Å². The molecule has 0 bridgehead atoms. The molecule has 0 aromatic rings. The highest BCUT2D eigenvalue weighted by atomic mass is 16.5. The first-order valence-corrected chi connectivity index (χ1v) is 6.62. The third-order valence-corrected chi connectivity index (χ3v) is 3.52. The van der Waals surface area contributed by atoms with E-state index >= 15 is 0 Å². The summed E-state index contributed by atoms with van der Waals surface area (Å²) >= 11 is 0. The lowest BCUT2D eigenvalue weighted by Gasteiger charge is -2.26. The Balaban J connectivity index is 2.39. The van der Waals surface area contributed by atoms with Gasteiger partial charge in [-0.1, -0.05) is 6.42 Å². The summed E-state index contributed by atoms with van der Waals surface area (Å²) in [5.74, 6) is 0.619. The maximum Gasteiger partial charge on any atom is 0.223 e. The number of rotatable bonds is 6. The minimum absolute atomic E-state index is 0.109. The summed E-state index contributed by atoms with van der Waals surface area (Å²) in [6.07, 6.45) is 3.18. The molecular weight excluding hydrogens is 216 g/mol. The molecule has 1 aliphatic rings. The van der Waals surface area contributed by atoms with Gasteiger partial charge in [0.2, 0.25) is 5.91 Å². The summed E-state index contributed by atoms with van der Waals surface area (Å²) in [4.78, 5) is 12.0. The van der Waals surface area contributed by atoms with Gasteiger partial charge in [0.15, 0.2) is 0 Å². The van der Waals surface area contributed by atoms with E-state index in [2.05, 4.69) is 5.32 Å². The third kappa shape index (κ3) is 4.28. The van der Waals surface area contributed by atoms with Crippen molar-refractivity contribution in [2.45, 2.75) is 45.6 Å². The van der Waals surface area contributed by atoms with Crippen molar-refractivity contribution in [1.82, 2.24) is 5.32 Å². The van der Waals surface area contributed by atoms with E-state index in [0.29, 0.717) is 25.6 Å². The van der Waals surface area contributed by atoms with Crippen LogP contribution in [0.15, 0.2) is 0 Å². The van der Waals surface area contributed by atoms with Crippen LogP contribution in [0, 0.1) is 11.8 Å². The van der Waals surface area contributed by atoms with Gasteiger partial charge in [0.1, 0.15) is 0 Å². The predicted octanol–water partition coefficient (Wildman–Crippen LogP) is 1.29. The van der Waals surface area contributed by atoms with Gasteiger partial charge in [0.25, 0.3) is 0 Å². The molecule has 2 atom stereocenters. The highest BCUT2D eigenvalue weighted by Crippen LogP contribution is 2.30. The quantitative estimate of drug-likeness (QED) is 0.737. The lowest BCUT2D eigenvalue weighted by Crippen LogP contribution is -2.44. The van der Waals surface area contributed by atoms with Gasteiger partial charge >= 0.3 is 0 Å². The Kier molecular flexibility index (Phi) is 5.40. The van der Waals surface area contributed by atoms with E-state index in [-0.39, 0.29) is 17.4 Å². The average Bonchev–Trinajstić information content (AvgIpc) is 2.74. The minimum Gasteiger partial charge on any atom is -0.374 e. The molecular formula is C13H26N2O2. The average molecular weight is 242 g/mol. The van der Waals surface area contributed by atoms with Crippen molar-refractivity contribution in [2.75, 3.05) is 19.7 Å². The smallest absolute Gasteiger partial charge is 0.223 e. The van der Waals surface area contributed by atoms with E-state index in [1.54, 1.807) is 0 Å². The molecule has 1 rings (SSSR count). The van der Waals surface area contributed by atoms with Crippen molar-refractivity contribution in [3.05, 3.63) is 0 Å². The maximum atomic E-state index is 12.0. The summed E-state index contributed by atoms with van der Waals surface area (Å²) < 4.78 is 5.56. The Labute approximate surface area is 104 Å². The molecule has 0 spiro atoms. The van der Waals surface area contributed by atoms with Gasteiger partial charge in [-0.2, -0.15) is 0 Å². The molecule has 0 heterocycles. The molecule has 1 fully saturated rings. The molecule has 1 aliphatic carbocycles. The van der Waals surface area contributed by atoms with E-state index in [9.17, 15) is 4.79 Å². The highest BCUT2D eigenvalue weighted by Gasteiger charge is 2.32. The summed E-state index contributed by atoms with van der Waals surface area (Å²) in [5, 5.41) is 2.99. The number of nitrogens with two attached hydrogens (primary N) is 1. The highest BCUT2D eigenvalue weighted by molar-refractivity contribution is 5.79. The molecule has 17 heavy (non-hydrogen) atoms. The van der Waals surface area contributed by atoms with Crippen LogP contribution in [-0.4, -0.2) is 31.2 Å². The monoisotopic (exact) mass is 242 g/mol. The van der Waals surface area contributed by atoms with E-state index in [1.807, 2.05) is 20.8 Å². The van der Waals surface area contributed by atoms with Crippen LogP contribution >= 0.6 is 0 Å². The molecule has 4 nitrogen and oxygen atoms in total. The van der Waals surface area contributed by atoms with Gasteiger partial charge in [0, 0.05) is 19.1 Å². The van der Waals surface area contributed by atoms with Crippen LogP contribution in [0.25, 0.3) is 0 Å². The van der Waals surface area contributed by atoms with Gasteiger partial charge in [-0.25, -0.2) is 0 Å². The zero-order chi connectivity index (χ0) is 12.9. The fourth-order valence-electron chi connectivity index (χ4n) is 2.54. The van der Waals surface area contributed by atoms with Gasteiger partial charge in [0.05, 0.1) is 5.60 Å². The molecule has 3 N–H and O–H groups in total. The van der Waals surface area contributed by atoms with Crippen LogP contribution in [0.4, 0.5) is 0 Å². The minimum atomic E-state index is -0.290. The molecule has 0 aromatic carbocycles. The van der Waals surface area contributed by atoms with Crippen LogP contribution in [0.2, 0.25) is 0 Å². The SMILES string of the molecule is CCOC(C)(C)CNC(=O)C1CCCC1CN. The second kappa shape index (κ2) is 6.36. The van der Waals surface area contributed by atoms with Crippen molar-refractivity contribution in [3.8, 4) is 0 Å². The van der Waals surface area contributed by atoms with Gasteiger partial charge in [-0.15, -0.1) is 0 Å². The first kappa shape index (κ1) is 14.5. The Morgan fingerprint density at radius 1 is 1.47 bits per heavy atom. The molecule has 0 aromatic heterocycles. The lowest BCUT2D eigenvalue weighted by atomic mass is 9.95. The number of hydrogen-bond donors (Lipinski definition) is 2. The van der Waals surface area contributed by atoms with Crippen molar-refractivity contribution >= 4 is 5.91 Å². The summed E-state index contributed by atoms with van der Waals surface area (Å²) in [6.45, 7) is 7.79. The predicted molar refractivity (Wildman–Crippen MR) is 68.6 cm³/mol. The van der Waals surface area contributed by atoms with Crippen molar-refractivity contribution in [3.63, 3.8) is 0 Å². The Hall–Kier alpha value is -0.610. The number of carbonyl (C=O) groups excluding carboxylic acids is 1. The third-order valence-electron chi connectivity index (χ3n) is 3.52. The molecule has 2 unspecified atom stereocenters. The molecule has 4 heteroatoms. The van der Waals surface area contributed by atoms with Crippen LogP contribution in [0.5, 0.6) is 0 Å². The van der Waals surface area contributed by atoms with E-state index in [1.165, 1.54) is 0 Å². The first-order chi connectivity index (χ1) is 8.00.